The van der Waals surface area contributed by atoms with E-state index in [0.29, 0.717) is 12.2 Å². The van der Waals surface area contributed by atoms with Gasteiger partial charge in [-0.15, -0.1) is 0 Å². The van der Waals surface area contributed by atoms with Crippen LogP contribution in [0, 0.1) is 11.3 Å². The quantitative estimate of drug-likeness (QED) is 0.460. The van der Waals surface area contributed by atoms with Crippen molar-refractivity contribution < 1.29 is 4.74 Å². The molecule has 0 radical (unpaired) electrons. The van der Waals surface area contributed by atoms with E-state index in [-0.39, 0.29) is 0 Å². The van der Waals surface area contributed by atoms with E-state index in [9.17, 15) is 0 Å². The predicted molar refractivity (Wildman–Crippen MR) is 95.4 cm³/mol. The summed E-state index contributed by atoms with van der Waals surface area (Å²) in [5.41, 5.74) is 2.91. The second kappa shape index (κ2) is 9.48. The van der Waals surface area contributed by atoms with Crippen molar-refractivity contribution in [2.75, 3.05) is 6.61 Å². The van der Waals surface area contributed by atoms with Crippen LogP contribution < -0.4 is 4.74 Å². The van der Waals surface area contributed by atoms with Gasteiger partial charge in [0.15, 0.2) is 0 Å². The van der Waals surface area contributed by atoms with E-state index in [1.54, 1.807) is 0 Å². The second-order valence-corrected chi connectivity index (χ2v) is 5.46. The Morgan fingerprint density at radius 2 is 1.52 bits per heavy atom. The van der Waals surface area contributed by atoms with Crippen LogP contribution in [0.25, 0.3) is 11.1 Å². The van der Waals surface area contributed by atoms with Crippen LogP contribution in [-0.2, 0) is 0 Å². The molecule has 0 amide bonds. The van der Waals surface area contributed by atoms with Crippen LogP contribution in [0.3, 0.4) is 0 Å². The number of nitriles is 1. The zero-order valence-electron chi connectivity index (χ0n) is 13.7. The maximum Gasteiger partial charge on any atom is 0.119 e. The van der Waals surface area contributed by atoms with Crippen molar-refractivity contribution in [2.24, 2.45) is 0 Å². The molecule has 0 heterocycles. The van der Waals surface area contributed by atoms with E-state index in [1.807, 2.05) is 48.5 Å². The number of benzene rings is 2. The number of hydrogen-bond donors (Lipinski definition) is 0. The Morgan fingerprint density at radius 1 is 0.913 bits per heavy atom. The molecule has 2 heteroatoms. The third-order valence-electron chi connectivity index (χ3n) is 3.65. The van der Waals surface area contributed by atoms with Crippen LogP contribution in [0.4, 0.5) is 0 Å². The topological polar surface area (TPSA) is 33.0 Å². The first-order valence-corrected chi connectivity index (χ1v) is 8.22. The maximum atomic E-state index is 8.83. The van der Waals surface area contributed by atoms with E-state index in [0.717, 1.165) is 29.7 Å². The monoisotopic (exact) mass is 305 g/mol. The Morgan fingerprint density at radius 3 is 2.13 bits per heavy atom. The lowest BCUT2D eigenvalue weighted by Crippen LogP contribution is -1.95. The third-order valence-corrected chi connectivity index (χ3v) is 3.65. The first kappa shape index (κ1) is 16.8. The van der Waals surface area contributed by atoms with Crippen molar-refractivity contribution in [1.82, 2.24) is 0 Å². The predicted octanol–water partition coefficient (Wildman–Crippen LogP) is 5.74. The number of allylic oxidation sites excluding steroid dienone is 1. The lowest BCUT2D eigenvalue weighted by molar-refractivity contribution is 0.325. The molecule has 2 nitrogen and oxygen atoms in total. The van der Waals surface area contributed by atoms with Gasteiger partial charge in [0.1, 0.15) is 5.75 Å². The highest BCUT2D eigenvalue weighted by atomic mass is 16.5. The van der Waals surface area contributed by atoms with Gasteiger partial charge in [0.2, 0.25) is 0 Å². The zero-order valence-corrected chi connectivity index (χ0v) is 13.7. The van der Waals surface area contributed by atoms with Crippen LogP contribution in [0.15, 0.2) is 60.7 Å². The minimum atomic E-state index is 0.681. The van der Waals surface area contributed by atoms with Crippen LogP contribution in [0.5, 0.6) is 5.75 Å². The lowest BCUT2D eigenvalue weighted by atomic mass is 10.0. The van der Waals surface area contributed by atoms with Gasteiger partial charge < -0.3 is 4.74 Å². The van der Waals surface area contributed by atoms with Crippen LogP contribution >= 0.6 is 0 Å². The van der Waals surface area contributed by atoms with Gasteiger partial charge in [-0.1, -0.05) is 56.2 Å². The summed E-state index contributed by atoms with van der Waals surface area (Å²) in [6, 6.07) is 17.8. The van der Waals surface area contributed by atoms with E-state index in [1.165, 1.54) is 12.8 Å². The number of hydrogen-bond acceptors (Lipinski definition) is 2. The summed E-state index contributed by atoms with van der Waals surface area (Å²) in [5, 5.41) is 8.83. The minimum absolute atomic E-state index is 0.681. The summed E-state index contributed by atoms with van der Waals surface area (Å²) in [5.74, 6) is 0.893. The minimum Gasteiger partial charge on any atom is -0.493 e. The smallest absolute Gasteiger partial charge is 0.119 e. The van der Waals surface area contributed by atoms with E-state index < -0.39 is 0 Å². The average molecular weight is 305 g/mol. The largest absolute Gasteiger partial charge is 0.493 e. The van der Waals surface area contributed by atoms with Gasteiger partial charge in [-0.05, 0) is 48.2 Å². The molecule has 0 spiro atoms. The zero-order chi connectivity index (χ0) is 16.3. The summed E-state index contributed by atoms with van der Waals surface area (Å²) in [6.45, 7) is 2.91. The average Bonchev–Trinajstić information content (AvgIpc) is 2.61. The van der Waals surface area contributed by atoms with Gasteiger partial charge >= 0.3 is 0 Å². The highest BCUT2D eigenvalue weighted by molar-refractivity contribution is 5.64. The first-order chi connectivity index (χ1) is 11.3. The molecular formula is C21H23NO. The lowest BCUT2D eigenvalue weighted by Gasteiger charge is -2.06. The van der Waals surface area contributed by atoms with Crippen molar-refractivity contribution >= 4 is 0 Å². The van der Waals surface area contributed by atoms with E-state index >= 15 is 0 Å². The Labute approximate surface area is 139 Å². The van der Waals surface area contributed by atoms with Gasteiger partial charge in [-0.25, -0.2) is 0 Å². The van der Waals surface area contributed by atoms with E-state index in [2.05, 4.69) is 25.1 Å². The third kappa shape index (κ3) is 5.64. The first-order valence-electron chi connectivity index (χ1n) is 8.22. The molecule has 23 heavy (non-hydrogen) atoms. The molecular weight excluding hydrogens is 282 g/mol. The second-order valence-electron chi connectivity index (χ2n) is 5.46. The van der Waals surface area contributed by atoms with Crippen molar-refractivity contribution in [3.8, 4) is 22.9 Å². The van der Waals surface area contributed by atoms with Gasteiger partial charge in [0.25, 0.3) is 0 Å². The molecule has 0 N–H and O–H groups in total. The summed E-state index contributed by atoms with van der Waals surface area (Å²) >= 11 is 0. The molecule has 0 aliphatic carbocycles. The Kier molecular flexibility index (Phi) is 6.94. The molecule has 0 saturated heterocycles. The van der Waals surface area contributed by atoms with E-state index in [4.69, 9.17) is 10.00 Å². The standard InChI is InChI=1S/C21H23NO/c1-2-3-4-5-6-7-16-23-21-14-12-20(13-15-21)19-10-8-18(17-22)9-11-19/h5-6,8-15H,2-4,7,16H2,1H3. The van der Waals surface area contributed by atoms with Crippen molar-refractivity contribution in [3.63, 3.8) is 0 Å². The van der Waals surface area contributed by atoms with Crippen LogP contribution in [0.2, 0.25) is 0 Å². The van der Waals surface area contributed by atoms with Crippen molar-refractivity contribution in [3.05, 3.63) is 66.2 Å². The highest BCUT2D eigenvalue weighted by Crippen LogP contribution is 2.22. The SMILES string of the molecule is CCCCC=CCCOc1ccc(-c2ccc(C#N)cc2)cc1. The van der Waals surface area contributed by atoms with Gasteiger partial charge in [0, 0.05) is 0 Å². The summed E-state index contributed by atoms with van der Waals surface area (Å²) < 4.78 is 5.75. The Hall–Kier alpha value is -2.53. The number of rotatable bonds is 8. The Bertz CT molecular complexity index is 648. The molecule has 0 unspecified atom stereocenters. The number of unbranched alkanes of at least 4 members (excludes halogenated alkanes) is 2. The van der Waals surface area contributed by atoms with Gasteiger partial charge in [-0.3, -0.25) is 0 Å². The number of ether oxygens (including phenoxy) is 1. The molecule has 118 valence electrons. The molecule has 2 aromatic carbocycles. The fourth-order valence-electron chi connectivity index (χ4n) is 2.28. The maximum absolute atomic E-state index is 8.83. The summed E-state index contributed by atoms with van der Waals surface area (Å²) in [4.78, 5) is 0. The fraction of sp³-hybridized carbons (Fsp3) is 0.286. The molecule has 0 saturated carbocycles. The Balaban J connectivity index is 1.82. The fourth-order valence-corrected chi connectivity index (χ4v) is 2.28. The molecule has 0 atom stereocenters. The molecule has 0 fully saturated rings. The number of nitrogens with zero attached hydrogens (tertiary/aromatic N) is 1. The molecule has 2 aromatic rings. The van der Waals surface area contributed by atoms with Gasteiger partial charge in [0.05, 0.1) is 18.2 Å². The van der Waals surface area contributed by atoms with Crippen LogP contribution in [-0.4, -0.2) is 6.61 Å². The highest BCUT2D eigenvalue weighted by Gasteiger charge is 1.99. The molecule has 0 aliphatic heterocycles. The molecule has 0 aromatic heterocycles. The normalized spacial score (nSPS) is 10.6. The van der Waals surface area contributed by atoms with Crippen molar-refractivity contribution in [2.45, 2.75) is 32.6 Å². The molecule has 0 aliphatic rings. The van der Waals surface area contributed by atoms with Crippen LogP contribution in [0.1, 0.15) is 38.2 Å². The molecule has 2 rings (SSSR count). The summed E-state index contributed by atoms with van der Waals surface area (Å²) in [6.07, 6.45) is 9.04. The van der Waals surface area contributed by atoms with Gasteiger partial charge in [-0.2, -0.15) is 5.26 Å². The summed E-state index contributed by atoms with van der Waals surface area (Å²) in [7, 11) is 0. The molecule has 0 bridgehead atoms. The van der Waals surface area contributed by atoms with Crippen molar-refractivity contribution in [1.29, 1.82) is 5.26 Å².